The number of fused-ring (bicyclic) bond motifs is 2. The Morgan fingerprint density at radius 2 is 2.06 bits per heavy atom. The van der Waals surface area contributed by atoms with Crippen molar-refractivity contribution in [2.24, 2.45) is 0 Å². The van der Waals surface area contributed by atoms with Crippen LogP contribution in [0.3, 0.4) is 0 Å². The van der Waals surface area contributed by atoms with E-state index in [1.807, 2.05) is 12.4 Å². The van der Waals surface area contributed by atoms with E-state index in [1.54, 1.807) is 11.3 Å². The first kappa shape index (κ1) is 22.6. The van der Waals surface area contributed by atoms with Crippen LogP contribution in [0.25, 0.3) is 50.2 Å². The second kappa shape index (κ2) is 10.0. The van der Waals surface area contributed by atoms with Gasteiger partial charge in [0, 0.05) is 23.7 Å². The lowest BCUT2D eigenvalue weighted by Crippen LogP contribution is -2.15. The smallest absolute Gasteiger partial charge is 0.159 e. The molecule has 36 heavy (non-hydrogen) atoms. The van der Waals surface area contributed by atoms with Crippen LogP contribution in [0, 0.1) is 0 Å². The van der Waals surface area contributed by atoms with Crippen molar-refractivity contribution in [2.45, 2.75) is 26.2 Å². The third-order valence-corrected chi connectivity index (χ3v) is 7.22. The van der Waals surface area contributed by atoms with Crippen LogP contribution in [0.2, 0.25) is 0 Å². The number of imidazole rings is 1. The van der Waals surface area contributed by atoms with Crippen LogP contribution in [0.5, 0.6) is 0 Å². The Bertz CT molecular complexity index is 1600. The fourth-order valence-electron chi connectivity index (χ4n) is 4.66. The Labute approximate surface area is 213 Å². The topological polar surface area (TPSA) is 82.3 Å². The summed E-state index contributed by atoms with van der Waals surface area (Å²) in [6.07, 6.45) is 16.2. The fourth-order valence-corrected chi connectivity index (χ4v) is 5.32. The monoisotopic (exact) mass is 492 g/mol. The number of H-pyrrole nitrogens is 2. The zero-order chi connectivity index (χ0) is 24.3. The largest absolute Gasteiger partial charge is 0.335 e. The molecule has 180 valence electrons. The van der Waals surface area contributed by atoms with Gasteiger partial charge in [0.05, 0.1) is 17.2 Å². The predicted molar refractivity (Wildman–Crippen MR) is 150 cm³/mol. The standard InChI is InChI=1S/C29H28N6S/c1-2-30-15-19-7-5-3-4-6-8-20(13-19)21-9-10-25-23(14-21)28(35-34-25)29-32-26-17-31-16-24(27(26)33-29)22-11-12-36-18-22/h5,7-14,16-18,30H,2-4,6,15H2,1H3,(H,32,33)(H,34,35)/b7-5+,19-13+,20-8+. The molecule has 0 aliphatic heterocycles. The van der Waals surface area contributed by atoms with Gasteiger partial charge in [0.25, 0.3) is 0 Å². The highest BCUT2D eigenvalue weighted by Gasteiger charge is 2.16. The fraction of sp³-hybridized carbons (Fsp3) is 0.207. The molecule has 7 heteroatoms. The molecule has 3 N–H and O–H groups in total. The second-order valence-electron chi connectivity index (χ2n) is 9.01. The summed E-state index contributed by atoms with van der Waals surface area (Å²) < 4.78 is 0. The summed E-state index contributed by atoms with van der Waals surface area (Å²) in [6, 6.07) is 8.62. The van der Waals surface area contributed by atoms with E-state index in [2.05, 4.69) is 91.7 Å². The molecule has 0 atom stereocenters. The van der Waals surface area contributed by atoms with Gasteiger partial charge in [-0.1, -0.05) is 37.3 Å². The molecule has 0 saturated carbocycles. The van der Waals surface area contributed by atoms with E-state index in [1.165, 1.54) is 16.7 Å². The molecule has 0 fully saturated rings. The minimum absolute atomic E-state index is 0.743. The SMILES string of the molecule is CCNCC1=C/C(c2ccc3[nH]nc(-c4nc5c(-c6ccsc6)cncc5[nH]4)c3c2)=C\CCC\C=C\1. The third kappa shape index (κ3) is 4.43. The molecule has 0 unspecified atom stereocenters. The predicted octanol–water partition coefficient (Wildman–Crippen LogP) is 6.89. The zero-order valence-corrected chi connectivity index (χ0v) is 21.0. The number of aromatic nitrogens is 5. The molecular formula is C29H28N6S. The summed E-state index contributed by atoms with van der Waals surface area (Å²) in [5, 5.41) is 16.6. The summed E-state index contributed by atoms with van der Waals surface area (Å²) in [5.74, 6) is 0.743. The van der Waals surface area contributed by atoms with Crippen molar-refractivity contribution in [1.29, 1.82) is 0 Å². The van der Waals surface area contributed by atoms with Crippen LogP contribution < -0.4 is 5.32 Å². The number of pyridine rings is 1. The highest BCUT2D eigenvalue weighted by atomic mass is 32.1. The number of likely N-dealkylation sites (N-methyl/N-ethyl adjacent to an activating group) is 1. The highest BCUT2D eigenvalue weighted by molar-refractivity contribution is 7.08. The van der Waals surface area contributed by atoms with Crippen molar-refractivity contribution in [1.82, 2.24) is 30.5 Å². The lowest BCUT2D eigenvalue weighted by atomic mass is 9.99. The lowest BCUT2D eigenvalue weighted by Gasteiger charge is -2.08. The van der Waals surface area contributed by atoms with Crippen LogP contribution >= 0.6 is 11.3 Å². The van der Waals surface area contributed by atoms with Gasteiger partial charge in [0.15, 0.2) is 5.82 Å². The molecule has 1 aliphatic rings. The molecule has 1 aromatic carbocycles. The summed E-state index contributed by atoms with van der Waals surface area (Å²) in [6.45, 7) is 3.96. The Morgan fingerprint density at radius 3 is 2.94 bits per heavy atom. The van der Waals surface area contributed by atoms with E-state index in [0.717, 1.165) is 76.9 Å². The van der Waals surface area contributed by atoms with Gasteiger partial charge in [0.1, 0.15) is 11.2 Å². The molecule has 6 rings (SSSR count). The third-order valence-electron chi connectivity index (χ3n) is 6.54. The van der Waals surface area contributed by atoms with Gasteiger partial charge in [-0.3, -0.25) is 10.1 Å². The van der Waals surface area contributed by atoms with Crippen LogP contribution in [0.4, 0.5) is 0 Å². The summed E-state index contributed by atoms with van der Waals surface area (Å²) >= 11 is 1.67. The van der Waals surface area contributed by atoms with Crippen LogP contribution in [-0.2, 0) is 0 Å². The van der Waals surface area contributed by atoms with Crippen molar-refractivity contribution in [3.63, 3.8) is 0 Å². The number of allylic oxidation sites excluding steroid dienone is 4. The lowest BCUT2D eigenvalue weighted by molar-refractivity contribution is 0.784. The molecule has 0 saturated heterocycles. The van der Waals surface area contributed by atoms with E-state index in [-0.39, 0.29) is 0 Å². The number of benzene rings is 1. The van der Waals surface area contributed by atoms with E-state index in [9.17, 15) is 0 Å². The number of nitrogens with one attached hydrogen (secondary N) is 3. The minimum Gasteiger partial charge on any atom is -0.335 e. The Kier molecular flexibility index (Phi) is 6.32. The van der Waals surface area contributed by atoms with Gasteiger partial charge in [-0.15, -0.1) is 0 Å². The number of nitrogens with zero attached hydrogens (tertiary/aromatic N) is 3. The normalized spacial score (nSPS) is 18.2. The van der Waals surface area contributed by atoms with Gasteiger partial charge >= 0.3 is 0 Å². The number of rotatable bonds is 6. The molecule has 5 aromatic rings. The highest BCUT2D eigenvalue weighted by Crippen LogP contribution is 2.33. The summed E-state index contributed by atoms with van der Waals surface area (Å²) in [4.78, 5) is 12.9. The zero-order valence-electron chi connectivity index (χ0n) is 20.2. The van der Waals surface area contributed by atoms with Crippen LogP contribution in [-0.4, -0.2) is 38.2 Å². The first-order valence-electron chi connectivity index (χ1n) is 12.4. The molecule has 1 aliphatic carbocycles. The van der Waals surface area contributed by atoms with Crippen molar-refractivity contribution < 1.29 is 0 Å². The maximum Gasteiger partial charge on any atom is 0.159 e. The van der Waals surface area contributed by atoms with Gasteiger partial charge in [-0.25, -0.2) is 4.98 Å². The van der Waals surface area contributed by atoms with E-state index >= 15 is 0 Å². The number of hydrogen-bond acceptors (Lipinski definition) is 5. The molecule has 0 amide bonds. The molecule has 6 nitrogen and oxygen atoms in total. The Morgan fingerprint density at radius 1 is 1.08 bits per heavy atom. The first-order chi connectivity index (χ1) is 17.8. The van der Waals surface area contributed by atoms with Crippen molar-refractivity contribution >= 4 is 38.8 Å². The summed E-state index contributed by atoms with van der Waals surface area (Å²) in [5.41, 5.74) is 9.51. The van der Waals surface area contributed by atoms with Crippen molar-refractivity contribution in [3.05, 3.63) is 82.9 Å². The van der Waals surface area contributed by atoms with Gasteiger partial charge in [0.2, 0.25) is 0 Å². The van der Waals surface area contributed by atoms with Crippen molar-refractivity contribution in [2.75, 3.05) is 13.1 Å². The van der Waals surface area contributed by atoms with Gasteiger partial charge in [-0.05, 0) is 77.0 Å². The van der Waals surface area contributed by atoms with Gasteiger partial charge < -0.3 is 10.3 Å². The summed E-state index contributed by atoms with van der Waals surface area (Å²) in [7, 11) is 0. The maximum absolute atomic E-state index is 4.97. The quantitative estimate of drug-likeness (QED) is 0.241. The molecule has 4 aromatic heterocycles. The van der Waals surface area contributed by atoms with Crippen LogP contribution in [0.1, 0.15) is 31.7 Å². The molecule has 0 spiro atoms. The number of aromatic amines is 2. The average Bonchev–Trinajstić information content (AvgIpc) is 3.66. The Hall–Kier alpha value is -3.81. The molecule has 0 bridgehead atoms. The average molecular weight is 493 g/mol. The first-order valence-corrected chi connectivity index (χ1v) is 13.4. The minimum atomic E-state index is 0.743. The van der Waals surface area contributed by atoms with Gasteiger partial charge in [-0.2, -0.15) is 16.4 Å². The van der Waals surface area contributed by atoms with Crippen LogP contribution in [0.15, 0.2) is 77.3 Å². The Balaban J connectivity index is 1.43. The molecule has 0 radical (unpaired) electrons. The van der Waals surface area contributed by atoms with E-state index in [0.29, 0.717) is 0 Å². The van der Waals surface area contributed by atoms with Crippen molar-refractivity contribution in [3.8, 4) is 22.6 Å². The van der Waals surface area contributed by atoms with E-state index < -0.39 is 0 Å². The van der Waals surface area contributed by atoms with E-state index in [4.69, 9.17) is 4.98 Å². The molecular weight excluding hydrogens is 464 g/mol. The number of thiophene rings is 1. The maximum atomic E-state index is 4.97. The number of hydrogen-bond donors (Lipinski definition) is 3. The molecule has 4 heterocycles. The second-order valence-corrected chi connectivity index (χ2v) is 9.79.